The van der Waals surface area contributed by atoms with Gasteiger partial charge in [0.25, 0.3) is 5.56 Å². The second-order valence-electron chi connectivity index (χ2n) is 7.71. The number of ether oxygens (including phenoxy) is 2. The van der Waals surface area contributed by atoms with E-state index >= 15 is 0 Å². The van der Waals surface area contributed by atoms with Crippen LogP contribution >= 0.6 is 0 Å². The van der Waals surface area contributed by atoms with Gasteiger partial charge >= 0.3 is 0 Å². The Hall–Kier alpha value is -4.37. The van der Waals surface area contributed by atoms with E-state index in [1.165, 1.54) is 4.40 Å². The molecule has 4 rings (SSSR count). The first kappa shape index (κ1) is 22.8. The van der Waals surface area contributed by atoms with Crippen molar-refractivity contribution in [2.75, 3.05) is 13.7 Å². The van der Waals surface area contributed by atoms with Crippen molar-refractivity contribution in [2.45, 2.75) is 19.8 Å². The van der Waals surface area contributed by atoms with Crippen LogP contribution in [0, 0.1) is 11.3 Å². The summed E-state index contributed by atoms with van der Waals surface area (Å²) in [6.07, 6.45) is 7.38. The summed E-state index contributed by atoms with van der Waals surface area (Å²) in [5.74, 6) is 1.31. The van der Waals surface area contributed by atoms with E-state index < -0.39 is 0 Å². The van der Waals surface area contributed by atoms with E-state index in [1.54, 1.807) is 49.7 Å². The van der Waals surface area contributed by atoms with Gasteiger partial charge in [-0.3, -0.25) is 9.20 Å². The number of benzene rings is 2. The highest BCUT2D eigenvalue weighted by molar-refractivity contribution is 5.81. The fourth-order valence-electron chi connectivity index (χ4n) is 3.68. The number of hydrogen-bond acceptors (Lipinski definition) is 5. The molecule has 0 aliphatic rings. The Kier molecular flexibility index (Phi) is 7.04. The van der Waals surface area contributed by atoms with Crippen LogP contribution in [0.4, 0.5) is 0 Å². The predicted octanol–water partition coefficient (Wildman–Crippen LogP) is 5.59. The van der Waals surface area contributed by atoms with E-state index in [0.29, 0.717) is 46.1 Å². The van der Waals surface area contributed by atoms with Gasteiger partial charge in [0.1, 0.15) is 5.65 Å². The minimum Gasteiger partial charge on any atom is -0.493 e. The van der Waals surface area contributed by atoms with E-state index in [-0.39, 0.29) is 5.56 Å². The fraction of sp³-hybridized carbons (Fsp3) is 0.179. The number of methoxy groups -OCH3 is 1. The zero-order valence-electron chi connectivity index (χ0n) is 19.2. The minimum atomic E-state index is -0.181. The topological polar surface area (TPSA) is 76.6 Å². The van der Waals surface area contributed by atoms with Crippen molar-refractivity contribution in [1.29, 1.82) is 5.26 Å². The lowest BCUT2D eigenvalue weighted by Gasteiger charge is -2.13. The van der Waals surface area contributed by atoms with Gasteiger partial charge in [0.2, 0.25) is 0 Å². The summed E-state index contributed by atoms with van der Waals surface area (Å²) in [7, 11) is 1.62. The Labute approximate surface area is 198 Å². The van der Waals surface area contributed by atoms with Crippen LogP contribution in [0.5, 0.6) is 11.5 Å². The first-order valence-electron chi connectivity index (χ1n) is 11.2. The number of fused-ring (bicyclic) bond motifs is 1. The number of hydrogen-bond donors (Lipinski definition) is 0. The molecule has 2 heterocycles. The van der Waals surface area contributed by atoms with Crippen molar-refractivity contribution >= 4 is 17.8 Å². The third-order valence-corrected chi connectivity index (χ3v) is 5.46. The van der Waals surface area contributed by atoms with Crippen LogP contribution in [-0.4, -0.2) is 23.1 Å². The van der Waals surface area contributed by atoms with E-state index in [1.807, 2.05) is 36.4 Å². The Morgan fingerprint density at radius 1 is 1.06 bits per heavy atom. The zero-order valence-corrected chi connectivity index (χ0v) is 19.2. The van der Waals surface area contributed by atoms with Gasteiger partial charge in [-0.15, -0.1) is 0 Å². The van der Waals surface area contributed by atoms with Gasteiger partial charge in [-0.05, 0) is 54.5 Å². The van der Waals surface area contributed by atoms with E-state index in [9.17, 15) is 4.79 Å². The SMILES string of the molecule is CCCCOc1c(/C=C/c2nc3ccccn3c(=O)c2-c2ccc(C#N)cc2)cccc1OC. The number of rotatable bonds is 8. The molecule has 0 aliphatic carbocycles. The normalized spacial score (nSPS) is 11.0. The molecule has 0 spiro atoms. The molecule has 6 nitrogen and oxygen atoms in total. The lowest BCUT2D eigenvalue weighted by Crippen LogP contribution is -2.18. The molecule has 0 saturated carbocycles. The van der Waals surface area contributed by atoms with Crippen LogP contribution in [0.2, 0.25) is 0 Å². The largest absolute Gasteiger partial charge is 0.493 e. The van der Waals surface area contributed by atoms with Gasteiger partial charge < -0.3 is 9.47 Å². The molecular formula is C28H25N3O3. The molecule has 0 N–H and O–H groups in total. The summed E-state index contributed by atoms with van der Waals surface area (Å²) in [4.78, 5) is 18.2. The molecule has 0 radical (unpaired) electrons. The number of aromatic nitrogens is 2. The summed E-state index contributed by atoms with van der Waals surface area (Å²) in [6.45, 7) is 2.70. The van der Waals surface area contributed by atoms with Crippen LogP contribution < -0.4 is 15.0 Å². The van der Waals surface area contributed by atoms with Crippen LogP contribution in [0.3, 0.4) is 0 Å². The third-order valence-electron chi connectivity index (χ3n) is 5.46. The van der Waals surface area contributed by atoms with E-state index in [4.69, 9.17) is 19.7 Å². The average Bonchev–Trinajstić information content (AvgIpc) is 2.88. The number of nitriles is 1. The summed E-state index contributed by atoms with van der Waals surface area (Å²) < 4.78 is 13.1. The molecule has 0 aliphatic heterocycles. The van der Waals surface area contributed by atoms with Crippen molar-refractivity contribution in [3.05, 3.63) is 94.0 Å². The molecule has 6 heteroatoms. The van der Waals surface area contributed by atoms with Crippen LogP contribution in [0.15, 0.2) is 71.7 Å². The molecule has 0 fully saturated rings. The second kappa shape index (κ2) is 10.5. The molecule has 0 bridgehead atoms. The zero-order chi connectivity index (χ0) is 23.9. The van der Waals surface area contributed by atoms with Crippen molar-refractivity contribution in [2.24, 2.45) is 0 Å². The van der Waals surface area contributed by atoms with Gasteiger partial charge in [0.15, 0.2) is 11.5 Å². The third kappa shape index (κ3) is 4.69. The number of para-hydroxylation sites is 1. The summed E-state index contributed by atoms with van der Waals surface area (Å²) in [5.41, 5.74) is 3.41. The minimum absolute atomic E-state index is 0.181. The van der Waals surface area contributed by atoms with Crippen LogP contribution in [-0.2, 0) is 0 Å². The fourth-order valence-corrected chi connectivity index (χ4v) is 3.68. The molecule has 0 atom stereocenters. The molecule has 34 heavy (non-hydrogen) atoms. The van der Waals surface area contributed by atoms with Crippen LogP contribution in [0.1, 0.15) is 36.6 Å². The van der Waals surface area contributed by atoms with Gasteiger partial charge in [0, 0.05) is 11.8 Å². The van der Waals surface area contributed by atoms with Crippen LogP contribution in [0.25, 0.3) is 28.9 Å². The molecule has 2 aromatic heterocycles. The summed E-state index contributed by atoms with van der Waals surface area (Å²) >= 11 is 0. The highest BCUT2D eigenvalue weighted by atomic mass is 16.5. The van der Waals surface area contributed by atoms with E-state index in [0.717, 1.165) is 18.4 Å². The predicted molar refractivity (Wildman–Crippen MR) is 134 cm³/mol. The molecule has 0 unspecified atom stereocenters. The molecule has 0 saturated heterocycles. The van der Waals surface area contributed by atoms with Gasteiger partial charge in [-0.1, -0.05) is 43.7 Å². The summed E-state index contributed by atoms with van der Waals surface area (Å²) in [6, 6.07) is 20.2. The maximum absolute atomic E-state index is 13.4. The smallest absolute Gasteiger partial charge is 0.266 e. The quantitative estimate of drug-likeness (QED) is 0.326. The lowest BCUT2D eigenvalue weighted by atomic mass is 10.0. The molecule has 2 aromatic carbocycles. The van der Waals surface area contributed by atoms with Crippen molar-refractivity contribution in [3.8, 4) is 28.7 Å². The van der Waals surface area contributed by atoms with Gasteiger partial charge in [0.05, 0.1) is 36.6 Å². The summed E-state index contributed by atoms with van der Waals surface area (Å²) in [5, 5.41) is 9.14. The van der Waals surface area contributed by atoms with Crippen molar-refractivity contribution < 1.29 is 9.47 Å². The Balaban J connectivity index is 1.85. The standard InChI is InChI=1S/C28H25N3O3/c1-3-4-18-34-27-22(8-7-9-24(27)33-2)15-16-23-26(21-13-11-20(19-29)12-14-21)28(32)31-17-6-5-10-25(31)30-23/h5-17H,3-4,18H2,1-2H3/b16-15+. The molecule has 4 aromatic rings. The number of pyridine rings is 1. The highest BCUT2D eigenvalue weighted by Crippen LogP contribution is 2.33. The lowest BCUT2D eigenvalue weighted by molar-refractivity contribution is 0.287. The first-order valence-corrected chi connectivity index (χ1v) is 11.2. The monoisotopic (exact) mass is 451 g/mol. The van der Waals surface area contributed by atoms with Crippen molar-refractivity contribution in [1.82, 2.24) is 9.38 Å². The average molecular weight is 452 g/mol. The Morgan fingerprint density at radius 3 is 2.62 bits per heavy atom. The van der Waals surface area contributed by atoms with Gasteiger partial charge in [-0.2, -0.15) is 5.26 Å². The number of nitrogens with zero attached hydrogens (tertiary/aromatic N) is 3. The maximum atomic E-state index is 13.4. The Morgan fingerprint density at radius 2 is 1.88 bits per heavy atom. The Bertz CT molecular complexity index is 1430. The molecule has 170 valence electrons. The second-order valence-corrected chi connectivity index (χ2v) is 7.71. The first-order chi connectivity index (χ1) is 16.7. The highest BCUT2D eigenvalue weighted by Gasteiger charge is 2.14. The number of unbranched alkanes of at least 4 members (excludes halogenated alkanes) is 1. The van der Waals surface area contributed by atoms with Crippen molar-refractivity contribution in [3.63, 3.8) is 0 Å². The molecule has 0 amide bonds. The maximum Gasteiger partial charge on any atom is 0.266 e. The van der Waals surface area contributed by atoms with E-state index in [2.05, 4.69) is 13.0 Å². The molecular weight excluding hydrogens is 426 g/mol. The van der Waals surface area contributed by atoms with Gasteiger partial charge in [-0.25, -0.2) is 4.98 Å².